The first-order valence-corrected chi connectivity index (χ1v) is 10.0. The molecule has 0 spiro atoms. The van der Waals surface area contributed by atoms with Gasteiger partial charge in [-0.2, -0.15) is 0 Å². The van der Waals surface area contributed by atoms with E-state index in [1.807, 2.05) is 30.3 Å². The molecule has 0 amide bonds. The third kappa shape index (κ3) is 4.04. The summed E-state index contributed by atoms with van der Waals surface area (Å²) in [6, 6.07) is 19.5. The number of sulfonamides is 1. The molecule has 0 aliphatic heterocycles. The number of ether oxygens (including phenoxy) is 1. The van der Waals surface area contributed by atoms with Gasteiger partial charge < -0.3 is 9.72 Å². The topological polar surface area (TPSA) is 121 Å². The molecule has 0 saturated heterocycles. The first-order valence-electron chi connectivity index (χ1n) is 8.53. The van der Waals surface area contributed by atoms with Gasteiger partial charge in [-0.3, -0.25) is 14.5 Å². The smallest absolute Gasteiger partial charge is 0.326 e. The van der Waals surface area contributed by atoms with Crippen molar-refractivity contribution in [2.45, 2.75) is 4.90 Å². The van der Waals surface area contributed by atoms with Gasteiger partial charge in [0.05, 0.1) is 15.8 Å². The molecule has 146 valence electrons. The van der Waals surface area contributed by atoms with Gasteiger partial charge in [0, 0.05) is 5.69 Å². The summed E-state index contributed by atoms with van der Waals surface area (Å²) in [4.78, 5) is 27.7. The van der Waals surface area contributed by atoms with Crippen LogP contribution >= 0.6 is 0 Å². The van der Waals surface area contributed by atoms with E-state index in [0.29, 0.717) is 17.2 Å². The summed E-state index contributed by atoms with van der Waals surface area (Å²) in [7, 11) is -3.94. The Labute approximate surface area is 164 Å². The average Bonchev–Trinajstić information content (AvgIpc) is 2.70. The lowest BCUT2D eigenvalue weighted by Gasteiger charge is -2.10. The lowest BCUT2D eigenvalue weighted by Crippen LogP contribution is -2.22. The fraction of sp³-hybridized carbons (Fsp3) is 0. The van der Waals surface area contributed by atoms with Crippen molar-refractivity contribution in [2.24, 2.45) is 0 Å². The minimum Gasteiger partial charge on any atom is -0.457 e. The third-order valence-corrected chi connectivity index (χ3v) is 5.49. The summed E-state index contributed by atoms with van der Waals surface area (Å²) in [6.07, 6.45) is 0. The van der Waals surface area contributed by atoms with Crippen LogP contribution < -0.4 is 20.7 Å². The highest BCUT2D eigenvalue weighted by Crippen LogP contribution is 2.24. The number of anilines is 1. The molecule has 3 N–H and O–H groups in total. The maximum absolute atomic E-state index is 12.7. The number of aromatic nitrogens is 2. The van der Waals surface area contributed by atoms with E-state index in [-0.39, 0.29) is 15.8 Å². The molecule has 0 aliphatic carbocycles. The lowest BCUT2D eigenvalue weighted by molar-refractivity contribution is 0.483. The normalized spacial score (nSPS) is 11.3. The van der Waals surface area contributed by atoms with E-state index < -0.39 is 21.3 Å². The van der Waals surface area contributed by atoms with Gasteiger partial charge in [-0.15, -0.1) is 0 Å². The number of nitrogens with one attached hydrogen (secondary N) is 3. The fourth-order valence-electron chi connectivity index (χ4n) is 2.74. The van der Waals surface area contributed by atoms with Gasteiger partial charge in [0.1, 0.15) is 11.5 Å². The number of H-pyrrole nitrogens is 2. The van der Waals surface area contributed by atoms with E-state index in [9.17, 15) is 18.0 Å². The monoisotopic (exact) mass is 409 g/mol. The second-order valence-electron chi connectivity index (χ2n) is 6.16. The van der Waals surface area contributed by atoms with Crippen LogP contribution in [0.3, 0.4) is 0 Å². The van der Waals surface area contributed by atoms with E-state index in [2.05, 4.69) is 14.7 Å². The molecule has 0 fully saturated rings. The molecule has 4 aromatic rings. The molecule has 4 rings (SSSR count). The summed E-state index contributed by atoms with van der Waals surface area (Å²) in [6.45, 7) is 0. The Hall–Kier alpha value is -3.85. The van der Waals surface area contributed by atoms with E-state index in [1.165, 1.54) is 18.2 Å². The second-order valence-corrected chi connectivity index (χ2v) is 7.84. The molecule has 0 aliphatic rings. The minimum absolute atomic E-state index is 0.0686. The van der Waals surface area contributed by atoms with Crippen LogP contribution in [-0.4, -0.2) is 18.4 Å². The highest BCUT2D eigenvalue weighted by atomic mass is 32.2. The van der Waals surface area contributed by atoms with Crippen LogP contribution in [0.1, 0.15) is 0 Å². The molecule has 0 atom stereocenters. The first kappa shape index (κ1) is 18.5. The number of hydrogen-bond acceptors (Lipinski definition) is 5. The van der Waals surface area contributed by atoms with Gasteiger partial charge in [0.2, 0.25) is 0 Å². The number of para-hydroxylation sites is 1. The molecular weight excluding hydrogens is 394 g/mol. The molecular formula is C20H15N3O5S. The van der Waals surface area contributed by atoms with Gasteiger partial charge in [-0.1, -0.05) is 18.2 Å². The summed E-state index contributed by atoms with van der Waals surface area (Å²) < 4.78 is 33.5. The standard InChI is InChI=1S/C20H15N3O5S/c24-19-17-12-16(10-11-18(17)21-20(25)22-19)29(26,27)23-13-6-8-15(9-7-13)28-14-4-2-1-3-5-14/h1-12,23H,(H2,21,22,24,25). The maximum Gasteiger partial charge on any atom is 0.326 e. The van der Waals surface area contributed by atoms with Crippen molar-refractivity contribution < 1.29 is 13.2 Å². The Balaban J connectivity index is 1.58. The lowest BCUT2D eigenvalue weighted by atomic mass is 10.2. The number of rotatable bonds is 5. The zero-order valence-electron chi connectivity index (χ0n) is 14.9. The number of fused-ring (bicyclic) bond motifs is 1. The summed E-state index contributed by atoms with van der Waals surface area (Å²) >= 11 is 0. The van der Waals surface area contributed by atoms with Crippen LogP contribution in [0.2, 0.25) is 0 Å². The van der Waals surface area contributed by atoms with Crippen molar-refractivity contribution in [3.8, 4) is 11.5 Å². The zero-order valence-corrected chi connectivity index (χ0v) is 15.7. The zero-order chi connectivity index (χ0) is 20.4. The molecule has 3 aromatic carbocycles. The summed E-state index contributed by atoms with van der Waals surface area (Å²) in [5, 5.41) is 0.0686. The van der Waals surface area contributed by atoms with Crippen molar-refractivity contribution in [1.82, 2.24) is 9.97 Å². The molecule has 0 bridgehead atoms. The van der Waals surface area contributed by atoms with Crippen LogP contribution in [0.5, 0.6) is 11.5 Å². The predicted molar refractivity (Wildman–Crippen MR) is 109 cm³/mol. The highest BCUT2D eigenvalue weighted by molar-refractivity contribution is 7.92. The largest absolute Gasteiger partial charge is 0.457 e. The Morgan fingerprint density at radius 1 is 0.793 bits per heavy atom. The predicted octanol–water partition coefficient (Wildman–Crippen LogP) is 2.81. The Morgan fingerprint density at radius 3 is 2.21 bits per heavy atom. The van der Waals surface area contributed by atoms with Gasteiger partial charge in [0.15, 0.2) is 0 Å². The SMILES string of the molecule is O=c1[nH]c(=O)c2cc(S(=O)(=O)Nc3ccc(Oc4ccccc4)cc3)ccc2[nH]1. The molecule has 1 aromatic heterocycles. The molecule has 1 heterocycles. The fourth-order valence-corrected chi connectivity index (χ4v) is 3.83. The molecule has 0 radical (unpaired) electrons. The van der Waals surface area contributed by atoms with E-state index in [0.717, 1.165) is 0 Å². The van der Waals surface area contributed by atoms with E-state index in [4.69, 9.17) is 4.74 Å². The van der Waals surface area contributed by atoms with Crippen LogP contribution in [0, 0.1) is 0 Å². The Morgan fingerprint density at radius 2 is 1.48 bits per heavy atom. The second kappa shape index (κ2) is 7.28. The van der Waals surface area contributed by atoms with Crippen molar-refractivity contribution >= 4 is 26.6 Å². The van der Waals surface area contributed by atoms with Crippen molar-refractivity contribution in [1.29, 1.82) is 0 Å². The van der Waals surface area contributed by atoms with Gasteiger partial charge in [0.25, 0.3) is 15.6 Å². The van der Waals surface area contributed by atoms with Gasteiger partial charge >= 0.3 is 5.69 Å². The van der Waals surface area contributed by atoms with Crippen molar-refractivity contribution in [2.75, 3.05) is 4.72 Å². The van der Waals surface area contributed by atoms with Crippen molar-refractivity contribution in [3.05, 3.63) is 93.6 Å². The molecule has 29 heavy (non-hydrogen) atoms. The maximum atomic E-state index is 12.7. The number of benzene rings is 3. The minimum atomic E-state index is -3.94. The molecule has 8 nitrogen and oxygen atoms in total. The van der Waals surface area contributed by atoms with E-state index in [1.54, 1.807) is 24.3 Å². The van der Waals surface area contributed by atoms with Crippen LogP contribution in [0.4, 0.5) is 5.69 Å². The Bertz CT molecular complexity index is 1390. The van der Waals surface area contributed by atoms with Crippen LogP contribution in [0.25, 0.3) is 10.9 Å². The summed E-state index contributed by atoms with van der Waals surface area (Å²) in [5.41, 5.74) is -0.738. The van der Waals surface area contributed by atoms with Crippen molar-refractivity contribution in [3.63, 3.8) is 0 Å². The molecule has 9 heteroatoms. The molecule has 0 unspecified atom stereocenters. The molecule has 0 saturated carbocycles. The number of aromatic amines is 2. The van der Waals surface area contributed by atoms with E-state index >= 15 is 0 Å². The third-order valence-electron chi connectivity index (χ3n) is 4.11. The average molecular weight is 409 g/mol. The highest BCUT2D eigenvalue weighted by Gasteiger charge is 2.16. The quantitative estimate of drug-likeness (QED) is 0.468. The van der Waals surface area contributed by atoms with Gasteiger partial charge in [-0.25, -0.2) is 13.2 Å². The summed E-state index contributed by atoms with van der Waals surface area (Å²) in [5.74, 6) is 1.22. The van der Waals surface area contributed by atoms with Crippen LogP contribution in [-0.2, 0) is 10.0 Å². The Kier molecular flexibility index (Phi) is 4.65. The number of hydrogen-bond donors (Lipinski definition) is 3. The van der Waals surface area contributed by atoms with Gasteiger partial charge in [-0.05, 0) is 54.6 Å². The first-order chi connectivity index (χ1) is 13.9. The van der Waals surface area contributed by atoms with Crippen LogP contribution in [0.15, 0.2) is 87.3 Å².